The van der Waals surface area contributed by atoms with Crippen molar-refractivity contribution in [3.8, 4) is 11.3 Å². The summed E-state index contributed by atoms with van der Waals surface area (Å²) in [5.74, 6) is -1.52. The van der Waals surface area contributed by atoms with E-state index < -0.39 is 31.0 Å². The van der Waals surface area contributed by atoms with Gasteiger partial charge in [-0.05, 0) is 38.3 Å². The van der Waals surface area contributed by atoms with E-state index in [1.54, 1.807) is 25.1 Å². The van der Waals surface area contributed by atoms with Gasteiger partial charge in [0.05, 0.1) is 17.0 Å². The van der Waals surface area contributed by atoms with E-state index in [1.165, 1.54) is 18.7 Å². The van der Waals surface area contributed by atoms with Crippen LogP contribution in [0.5, 0.6) is 0 Å². The minimum atomic E-state index is -1.16. The first-order valence-corrected chi connectivity index (χ1v) is 14.0. The van der Waals surface area contributed by atoms with Gasteiger partial charge in [-0.15, -0.1) is 11.8 Å². The molecule has 1 fully saturated rings. The SMILES string of the molecule is CC(C)C[C@H](CC(=O)[C@@H](NC(=O)c1cccc(-c2ccccc2)n1)[C@@H](C)O)B1OC[C@H](C)S[C@@H](C)C(=O)O1. The number of aliphatic hydroxyl groups excluding tert-OH is 1. The summed E-state index contributed by atoms with van der Waals surface area (Å²) < 4.78 is 11.6. The Morgan fingerprint density at radius 2 is 1.84 bits per heavy atom. The molecule has 1 saturated heterocycles. The Hall–Kier alpha value is -2.69. The highest BCUT2D eigenvalue weighted by Crippen LogP contribution is 2.31. The number of hydrogen-bond acceptors (Lipinski definition) is 8. The molecule has 0 unspecified atom stereocenters. The van der Waals surface area contributed by atoms with Gasteiger partial charge >= 0.3 is 13.1 Å². The first kappa shape index (κ1) is 29.9. The zero-order chi connectivity index (χ0) is 27.8. The fourth-order valence-corrected chi connectivity index (χ4v) is 5.47. The van der Waals surface area contributed by atoms with Gasteiger partial charge in [0, 0.05) is 29.7 Å². The van der Waals surface area contributed by atoms with Crippen molar-refractivity contribution in [3.05, 3.63) is 54.2 Å². The first-order valence-electron chi connectivity index (χ1n) is 13.1. The molecule has 8 nitrogen and oxygen atoms in total. The average Bonchev–Trinajstić information content (AvgIpc) is 2.88. The van der Waals surface area contributed by atoms with Gasteiger partial charge in [-0.2, -0.15) is 0 Å². The molecule has 2 heterocycles. The third-order valence-corrected chi connectivity index (χ3v) is 7.49. The van der Waals surface area contributed by atoms with E-state index in [9.17, 15) is 19.5 Å². The lowest BCUT2D eigenvalue weighted by Gasteiger charge is -2.30. The number of nitrogens with zero attached hydrogens (tertiary/aromatic N) is 1. The van der Waals surface area contributed by atoms with Gasteiger partial charge in [-0.3, -0.25) is 14.4 Å². The molecule has 0 radical (unpaired) electrons. The highest BCUT2D eigenvalue weighted by molar-refractivity contribution is 8.01. The number of benzene rings is 1. The van der Waals surface area contributed by atoms with Crippen LogP contribution in [-0.4, -0.2) is 64.1 Å². The van der Waals surface area contributed by atoms with E-state index in [0.717, 1.165) is 5.56 Å². The first-order chi connectivity index (χ1) is 18.0. The number of ketones is 1. The Morgan fingerprint density at radius 1 is 1.13 bits per heavy atom. The molecule has 204 valence electrons. The molecule has 2 N–H and O–H groups in total. The van der Waals surface area contributed by atoms with Gasteiger partial charge in [-0.1, -0.05) is 57.2 Å². The maximum atomic E-state index is 13.4. The Bertz CT molecular complexity index is 1100. The van der Waals surface area contributed by atoms with E-state index in [1.807, 2.05) is 51.1 Å². The lowest BCUT2D eigenvalue weighted by atomic mass is 9.64. The third kappa shape index (κ3) is 8.41. The molecule has 0 aliphatic carbocycles. The second kappa shape index (κ2) is 13.9. The van der Waals surface area contributed by atoms with Gasteiger partial charge in [0.15, 0.2) is 5.78 Å². The molecule has 0 spiro atoms. The molecule has 5 atom stereocenters. The van der Waals surface area contributed by atoms with Crippen LogP contribution in [0.2, 0.25) is 5.82 Å². The number of pyridine rings is 1. The molecule has 1 aliphatic rings. The lowest BCUT2D eigenvalue weighted by molar-refractivity contribution is -0.135. The highest BCUT2D eigenvalue weighted by atomic mass is 32.2. The van der Waals surface area contributed by atoms with Crippen molar-refractivity contribution in [3.63, 3.8) is 0 Å². The number of hydrogen-bond donors (Lipinski definition) is 2. The van der Waals surface area contributed by atoms with Gasteiger partial charge in [-0.25, -0.2) is 4.98 Å². The van der Waals surface area contributed by atoms with Crippen LogP contribution in [0.3, 0.4) is 0 Å². The van der Waals surface area contributed by atoms with Gasteiger partial charge in [0.1, 0.15) is 11.7 Å². The van der Waals surface area contributed by atoms with Crippen LogP contribution in [0.4, 0.5) is 0 Å². The second-order valence-corrected chi connectivity index (χ2v) is 12.0. The van der Waals surface area contributed by atoms with Crippen molar-refractivity contribution in [2.24, 2.45) is 5.92 Å². The predicted octanol–water partition coefficient (Wildman–Crippen LogP) is 4.18. The summed E-state index contributed by atoms with van der Waals surface area (Å²) in [6.07, 6.45) is -0.596. The number of nitrogens with one attached hydrogen (secondary N) is 1. The maximum absolute atomic E-state index is 13.4. The zero-order valence-electron chi connectivity index (χ0n) is 22.6. The Balaban J connectivity index is 1.76. The summed E-state index contributed by atoms with van der Waals surface area (Å²) in [5, 5.41) is 12.9. The molecule has 1 amide bonds. The highest BCUT2D eigenvalue weighted by Gasteiger charge is 2.41. The number of thioether (sulfide) groups is 1. The molecule has 38 heavy (non-hydrogen) atoms. The number of Topliss-reactive ketones (excluding diaryl/α,β-unsaturated/α-hetero) is 1. The van der Waals surface area contributed by atoms with Crippen LogP contribution in [0, 0.1) is 5.92 Å². The van der Waals surface area contributed by atoms with E-state index in [-0.39, 0.29) is 40.3 Å². The van der Waals surface area contributed by atoms with Crippen molar-refractivity contribution < 1.29 is 28.8 Å². The van der Waals surface area contributed by atoms with E-state index in [0.29, 0.717) is 18.7 Å². The summed E-state index contributed by atoms with van der Waals surface area (Å²) in [6, 6.07) is 13.4. The largest absolute Gasteiger partial charge is 0.531 e. The van der Waals surface area contributed by atoms with Crippen molar-refractivity contribution >= 4 is 36.5 Å². The average molecular weight is 540 g/mol. The molecule has 2 aromatic rings. The minimum absolute atomic E-state index is 0.0284. The van der Waals surface area contributed by atoms with Gasteiger partial charge < -0.3 is 19.7 Å². The minimum Gasteiger partial charge on any atom is -0.508 e. The summed E-state index contributed by atoms with van der Waals surface area (Å²) in [4.78, 5) is 43.5. The van der Waals surface area contributed by atoms with Crippen molar-refractivity contribution in [2.45, 2.75) is 75.9 Å². The number of amides is 1. The standard InChI is InChI=1S/C28H37BN2O6S/c1-17(2)14-22(29-36-16-18(3)38-20(5)28(35)37-29)15-25(33)26(19(4)32)31-27(34)24-13-9-12-23(30-24)21-10-7-6-8-11-21/h6-13,17-20,22,26,32H,14-16H2,1-5H3,(H,31,34)/t18-,19+,20-,22+,26-/m0/s1. The predicted molar refractivity (Wildman–Crippen MR) is 150 cm³/mol. The summed E-state index contributed by atoms with van der Waals surface area (Å²) >= 11 is 1.49. The number of carbonyl (C=O) groups excluding carboxylic acids is 3. The lowest BCUT2D eigenvalue weighted by Crippen LogP contribution is -2.49. The Morgan fingerprint density at radius 3 is 2.50 bits per heavy atom. The second-order valence-electron chi connectivity index (χ2n) is 10.3. The number of rotatable bonds is 10. The topological polar surface area (TPSA) is 115 Å². The van der Waals surface area contributed by atoms with E-state index in [4.69, 9.17) is 9.31 Å². The van der Waals surface area contributed by atoms with Crippen molar-refractivity contribution in [2.75, 3.05) is 6.61 Å². The van der Waals surface area contributed by atoms with Crippen LogP contribution in [0.15, 0.2) is 48.5 Å². The van der Waals surface area contributed by atoms with Gasteiger partial charge in [0.2, 0.25) is 0 Å². The molecule has 10 heteroatoms. The normalized spacial score (nSPS) is 20.6. The van der Waals surface area contributed by atoms with Gasteiger partial charge in [0.25, 0.3) is 5.91 Å². The van der Waals surface area contributed by atoms with Crippen LogP contribution in [0.1, 0.15) is 57.9 Å². The smallest absolute Gasteiger partial charge is 0.508 e. The zero-order valence-corrected chi connectivity index (χ0v) is 23.4. The van der Waals surface area contributed by atoms with E-state index in [2.05, 4.69) is 10.3 Å². The molecule has 1 aliphatic heterocycles. The molecule has 0 bridgehead atoms. The Labute approximate surface area is 229 Å². The fraction of sp³-hybridized carbons (Fsp3) is 0.500. The van der Waals surface area contributed by atoms with Crippen LogP contribution in [0.25, 0.3) is 11.3 Å². The monoisotopic (exact) mass is 540 g/mol. The van der Waals surface area contributed by atoms with E-state index >= 15 is 0 Å². The number of carbonyl (C=O) groups is 3. The number of aliphatic hydroxyl groups is 1. The van der Waals surface area contributed by atoms with Crippen LogP contribution >= 0.6 is 11.8 Å². The molecule has 3 rings (SSSR count). The van der Waals surface area contributed by atoms with Crippen LogP contribution < -0.4 is 5.32 Å². The number of aromatic nitrogens is 1. The fourth-order valence-electron chi connectivity index (χ4n) is 4.45. The molecular formula is C28H37BN2O6S. The molecule has 0 saturated carbocycles. The molecular weight excluding hydrogens is 503 g/mol. The van der Waals surface area contributed by atoms with Crippen LogP contribution in [-0.2, 0) is 18.9 Å². The quantitative estimate of drug-likeness (QED) is 0.432. The summed E-state index contributed by atoms with van der Waals surface area (Å²) in [6.45, 7) is 9.66. The third-order valence-electron chi connectivity index (χ3n) is 6.29. The molecule has 1 aromatic heterocycles. The molecule has 1 aromatic carbocycles. The maximum Gasteiger partial charge on any atom is 0.531 e. The summed E-state index contributed by atoms with van der Waals surface area (Å²) in [7, 11) is -0.880. The van der Waals surface area contributed by atoms with Crippen molar-refractivity contribution in [1.29, 1.82) is 0 Å². The summed E-state index contributed by atoms with van der Waals surface area (Å²) in [5.41, 5.74) is 1.62. The van der Waals surface area contributed by atoms with Crippen molar-refractivity contribution in [1.82, 2.24) is 10.3 Å². The Kier molecular flexibility index (Phi) is 10.9.